The van der Waals surface area contributed by atoms with Gasteiger partial charge in [-0.2, -0.15) is 13.2 Å². The van der Waals surface area contributed by atoms with Crippen LogP contribution < -0.4 is 4.74 Å². The summed E-state index contributed by atoms with van der Waals surface area (Å²) in [7, 11) is 0. The number of ether oxygens (including phenoxy) is 1. The summed E-state index contributed by atoms with van der Waals surface area (Å²) in [6, 6.07) is 3.28. The molecule has 0 bridgehead atoms. The lowest BCUT2D eigenvalue weighted by atomic mass is 10.1. The fourth-order valence-electron chi connectivity index (χ4n) is 1.08. The molecule has 1 aromatic carbocycles. The summed E-state index contributed by atoms with van der Waals surface area (Å²) in [4.78, 5) is 11.1. The molecule has 1 N–H and O–H groups in total. The number of alkyl halides is 3. The zero-order chi connectivity index (χ0) is 13.2. The van der Waals surface area contributed by atoms with Crippen LogP contribution in [-0.2, 0) is 0 Å². The summed E-state index contributed by atoms with van der Waals surface area (Å²) in [6.45, 7) is 3.89. The van der Waals surface area contributed by atoms with Crippen molar-refractivity contribution in [2.45, 2.75) is 13.1 Å². The number of carbonyl (C=O) groups excluding carboxylic acids is 1. The van der Waals surface area contributed by atoms with Gasteiger partial charge in [0.25, 0.3) is 0 Å². The second kappa shape index (κ2) is 4.48. The summed E-state index contributed by atoms with van der Waals surface area (Å²) in [5, 5.41) is 9.13. The number of carbonyl (C=O) groups is 1. The Bertz CT molecular complexity index is 464. The van der Waals surface area contributed by atoms with Crippen molar-refractivity contribution in [2.24, 2.45) is 0 Å². The van der Waals surface area contributed by atoms with Crippen molar-refractivity contribution < 1.29 is 27.8 Å². The fourth-order valence-corrected chi connectivity index (χ4v) is 1.08. The highest BCUT2D eigenvalue weighted by Crippen LogP contribution is 2.31. The highest BCUT2D eigenvalue weighted by molar-refractivity contribution is 5.97. The first-order valence-electron chi connectivity index (χ1n) is 4.49. The van der Waals surface area contributed by atoms with Gasteiger partial charge >= 0.3 is 6.18 Å². The van der Waals surface area contributed by atoms with Gasteiger partial charge in [-0.1, -0.05) is 6.58 Å². The van der Waals surface area contributed by atoms with Gasteiger partial charge in [0.1, 0.15) is 11.5 Å². The number of aromatic hydroxyl groups is 1. The van der Waals surface area contributed by atoms with Gasteiger partial charge in [0.2, 0.25) is 5.76 Å². The molecule has 0 saturated heterocycles. The summed E-state index contributed by atoms with van der Waals surface area (Å²) < 4.78 is 41.0. The lowest BCUT2D eigenvalue weighted by molar-refractivity contribution is -0.115. The van der Waals surface area contributed by atoms with Crippen molar-refractivity contribution in [1.29, 1.82) is 0 Å². The smallest absolute Gasteiger partial charge is 0.448 e. The maximum Gasteiger partial charge on any atom is 0.448 e. The van der Waals surface area contributed by atoms with Crippen LogP contribution in [0.2, 0.25) is 0 Å². The molecule has 0 aliphatic heterocycles. The van der Waals surface area contributed by atoms with E-state index in [4.69, 9.17) is 5.11 Å². The number of benzene rings is 1. The van der Waals surface area contributed by atoms with Crippen LogP contribution in [0.25, 0.3) is 0 Å². The average molecular weight is 246 g/mol. The largest absolute Gasteiger partial charge is 0.508 e. The molecule has 1 aromatic rings. The van der Waals surface area contributed by atoms with Crippen molar-refractivity contribution in [1.82, 2.24) is 0 Å². The number of halogens is 3. The van der Waals surface area contributed by atoms with Gasteiger partial charge in [-0.25, -0.2) is 0 Å². The Kier molecular flexibility index (Phi) is 3.45. The van der Waals surface area contributed by atoms with Crippen molar-refractivity contribution in [3.63, 3.8) is 0 Å². The second-order valence-electron chi connectivity index (χ2n) is 3.26. The Labute approximate surface area is 95.1 Å². The minimum absolute atomic E-state index is 0.0619. The molecule has 3 nitrogen and oxygen atoms in total. The van der Waals surface area contributed by atoms with E-state index in [-0.39, 0.29) is 17.1 Å². The third-order valence-corrected chi connectivity index (χ3v) is 1.89. The van der Waals surface area contributed by atoms with E-state index in [1.807, 2.05) is 0 Å². The second-order valence-corrected chi connectivity index (χ2v) is 3.26. The number of phenolic OH excluding ortho intramolecular Hbond substituents is 1. The van der Waals surface area contributed by atoms with E-state index in [2.05, 4.69) is 11.3 Å². The minimum atomic E-state index is -4.72. The van der Waals surface area contributed by atoms with Crippen LogP contribution in [0.4, 0.5) is 13.2 Å². The summed E-state index contributed by atoms with van der Waals surface area (Å²) >= 11 is 0. The Balaban J connectivity index is 3.09. The van der Waals surface area contributed by atoms with Crippen LogP contribution in [0.15, 0.2) is 30.5 Å². The van der Waals surface area contributed by atoms with Crippen molar-refractivity contribution in [3.8, 4) is 11.5 Å². The molecule has 0 aliphatic carbocycles. The third kappa shape index (κ3) is 3.24. The molecule has 0 radical (unpaired) electrons. The van der Waals surface area contributed by atoms with Crippen LogP contribution in [0, 0.1) is 0 Å². The Morgan fingerprint density at radius 1 is 1.41 bits per heavy atom. The summed E-state index contributed by atoms with van der Waals surface area (Å²) in [6.07, 6.45) is -4.72. The van der Waals surface area contributed by atoms with E-state index in [0.717, 1.165) is 6.07 Å². The highest BCUT2D eigenvalue weighted by atomic mass is 19.4. The summed E-state index contributed by atoms with van der Waals surface area (Å²) in [5.41, 5.74) is -0.0619. The molecule has 0 atom stereocenters. The lowest BCUT2D eigenvalue weighted by Crippen LogP contribution is -2.16. The third-order valence-electron chi connectivity index (χ3n) is 1.89. The Hall–Kier alpha value is -1.98. The Morgan fingerprint density at radius 3 is 2.47 bits per heavy atom. The van der Waals surface area contributed by atoms with Gasteiger partial charge in [-0.05, 0) is 19.1 Å². The van der Waals surface area contributed by atoms with Crippen LogP contribution in [0.3, 0.4) is 0 Å². The molecule has 0 aromatic heterocycles. The standard InChI is InChI=1S/C11H9F3O3/c1-6(15)9-4-3-8(16)5-10(9)17-7(2)11(12,13)14/h3-5,16H,2H2,1H3. The molecular weight excluding hydrogens is 237 g/mol. The average Bonchev–Trinajstić information content (AvgIpc) is 2.15. The molecule has 1 rings (SSSR count). The molecule has 0 spiro atoms. The van der Waals surface area contributed by atoms with E-state index in [9.17, 15) is 18.0 Å². The van der Waals surface area contributed by atoms with Crippen LogP contribution in [-0.4, -0.2) is 17.1 Å². The van der Waals surface area contributed by atoms with Gasteiger partial charge in [-0.3, -0.25) is 4.79 Å². The molecule has 6 heteroatoms. The molecule has 0 fully saturated rings. The first-order chi connectivity index (χ1) is 7.71. The van der Waals surface area contributed by atoms with Crippen molar-refractivity contribution in [3.05, 3.63) is 36.1 Å². The van der Waals surface area contributed by atoms with Crippen molar-refractivity contribution in [2.75, 3.05) is 0 Å². The van der Waals surface area contributed by atoms with E-state index in [1.54, 1.807) is 0 Å². The summed E-state index contributed by atoms with van der Waals surface area (Å²) in [5.74, 6) is -2.61. The van der Waals surface area contributed by atoms with Gasteiger partial charge in [0, 0.05) is 6.07 Å². The first-order valence-corrected chi connectivity index (χ1v) is 4.49. The van der Waals surface area contributed by atoms with E-state index >= 15 is 0 Å². The molecule has 0 amide bonds. The number of rotatable bonds is 3. The molecule has 0 heterocycles. The SMILES string of the molecule is C=C(Oc1cc(O)ccc1C(C)=O)C(F)(F)F. The normalized spacial score (nSPS) is 11.1. The number of phenols is 1. The predicted octanol–water partition coefficient (Wildman–Crippen LogP) is 3.05. The minimum Gasteiger partial charge on any atom is -0.508 e. The molecule has 17 heavy (non-hydrogen) atoms. The zero-order valence-electron chi connectivity index (χ0n) is 8.84. The zero-order valence-corrected chi connectivity index (χ0v) is 8.84. The maximum absolute atomic E-state index is 12.2. The fraction of sp³-hybridized carbons (Fsp3) is 0.182. The van der Waals surface area contributed by atoms with Gasteiger partial charge < -0.3 is 9.84 Å². The molecule has 0 unspecified atom stereocenters. The highest BCUT2D eigenvalue weighted by Gasteiger charge is 2.35. The van der Waals surface area contributed by atoms with Crippen LogP contribution in [0.1, 0.15) is 17.3 Å². The number of allylic oxidation sites excluding steroid dienone is 1. The van der Waals surface area contributed by atoms with E-state index in [1.165, 1.54) is 19.1 Å². The maximum atomic E-state index is 12.2. The number of hydrogen-bond donors (Lipinski definition) is 1. The first kappa shape index (κ1) is 13.1. The Morgan fingerprint density at radius 2 is 2.00 bits per heavy atom. The molecule has 92 valence electrons. The van der Waals surface area contributed by atoms with Gasteiger partial charge in [0.15, 0.2) is 5.78 Å². The molecule has 0 aliphatic rings. The molecular formula is C11H9F3O3. The molecule has 0 saturated carbocycles. The van der Waals surface area contributed by atoms with Crippen LogP contribution in [0.5, 0.6) is 11.5 Å². The monoisotopic (exact) mass is 246 g/mol. The number of ketones is 1. The predicted molar refractivity (Wildman–Crippen MR) is 53.9 cm³/mol. The topological polar surface area (TPSA) is 46.5 Å². The van der Waals surface area contributed by atoms with Gasteiger partial charge in [-0.15, -0.1) is 0 Å². The lowest BCUT2D eigenvalue weighted by Gasteiger charge is -2.13. The quantitative estimate of drug-likeness (QED) is 0.658. The van der Waals surface area contributed by atoms with Crippen LogP contribution >= 0.6 is 0 Å². The van der Waals surface area contributed by atoms with Crippen molar-refractivity contribution >= 4 is 5.78 Å². The van der Waals surface area contributed by atoms with E-state index in [0.29, 0.717) is 0 Å². The van der Waals surface area contributed by atoms with Gasteiger partial charge in [0.05, 0.1) is 5.56 Å². The van der Waals surface area contributed by atoms with E-state index < -0.39 is 17.7 Å². The number of Topliss-reactive ketones (excluding diaryl/α,β-unsaturated/α-hetero) is 1. The number of hydrogen-bond acceptors (Lipinski definition) is 3.